The zero-order chi connectivity index (χ0) is 16.1. The zero-order valence-corrected chi connectivity index (χ0v) is 13.5. The molecule has 1 saturated heterocycles. The lowest BCUT2D eigenvalue weighted by Gasteiger charge is -2.49. The van der Waals surface area contributed by atoms with Gasteiger partial charge >= 0.3 is 0 Å². The summed E-state index contributed by atoms with van der Waals surface area (Å²) in [6, 6.07) is 0. The molecule has 5 rings (SSSR count). The molecular formula is C16H18N8. The van der Waals surface area contributed by atoms with E-state index in [1.165, 1.54) is 12.8 Å². The van der Waals surface area contributed by atoms with Crippen LogP contribution in [0, 0.1) is 0 Å². The summed E-state index contributed by atoms with van der Waals surface area (Å²) in [6.45, 7) is 3.20. The highest BCUT2D eigenvalue weighted by atomic mass is 15.4. The molecule has 3 aromatic heterocycles. The van der Waals surface area contributed by atoms with Crippen LogP contribution < -0.4 is 4.90 Å². The van der Waals surface area contributed by atoms with Crippen molar-refractivity contribution in [2.75, 3.05) is 11.4 Å². The molecule has 0 aromatic carbocycles. The molecule has 0 aliphatic carbocycles. The summed E-state index contributed by atoms with van der Waals surface area (Å²) < 4.78 is 3.89. The van der Waals surface area contributed by atoms with Crippen molar-refractivity contribution in [3.63, 3.8) is 0 Å². The van der Waals surface area contributed by atoms with Gasteiger partial charge in [-0.25, -0.2) is 9.97 Å². The van der Waals surface area contributed by atoms with Gasteiger partial charge in [0.15, 0.2) is 11.6 Å². The van der Waals surface area contributed by atoms with Crippen LogP contribution in [-0.4, -0.2) is 40.8 Å². The Morgan fingerprint density at radius 1 is 1.25 bits per heavy atom. The maximum absolute atomic E-state index is 4.87. The molecule has 1 atom stereocenters. The SMILES string of the molecule is CCC12CCCCN1c1nc(-n3ccnc3)ncc1-n1cnnc12. The Balaban J connectivity index is 1.76. The van der Waals surface area contributed by atoms with E-state index < -0.39 is 0 Å². The summed E-state index contributed by atoms with van der Waals surface area (Å²) in [6.07, 6.45) is 13.4. The Bertz CT molecular complexity index is 883. The minimum absolute atomic E-state index is 0.123. The first kappa shape index (κ1) is 13.6. The van der Waals surface area contributed by atoms with Crippen LogP contribution in [0.15, 0.2) is 31.2 Å². The molecule has 0 spiro atoms. The topological polar surface area (TPSA) is 77.5 Å². The molecule has 1 fully saturated rings. The van der Waals surface area contributed by atoms with E-state index in [0.717, 1.165) is 36.7 Å². The second-order valence-electron chi connectivity index (χ2n) is 6.37. The number of imidazole rings is 1. The Morgan fingerprint density at radius 2 is 2.21 bits per heavy atom. The summed E-state index contributed by atoms with van der Waals surface area (Å²) in [5.41, 5.74) is 0.826. The van der Waals surface area contributed by atoms with Crippen molar-refractivity contribution >= 4 is 5.82 Å². The van der Waals surface area contributed by atoms with Gasteiger partial charge in [-0.2, -0.15) is 4.98 Å². The fourth-order valence-corrected chi connectivity index (χ4v) is 4.06. The number of rotatable bonds is 2. The maximum atomic E-state index is 4.87. The number of hydrogen-bond donors (Lipinski definition) is 0. The summed E-state index contributed by atoms with van der Waals surface area (Å²) in [7, 11) is 0. The van der Waals surface area contributed by atoms with E-state index in [4.69, 9.17) is 4.98 Å². The Kier molecular flexibility index (Phi) is 2.76. The van der Waals surface area contributed by atoms with Crippen LogP contribution in [0.25, 0.3) is 11.6 Å². The van der Waals surface area contributed by atoms with Crippen molar-refractivity contribution in [1.82, 2.24) is 34.3 Å². The van der Waals surface area contributed by atoms with Crippen LogP contribution in [0.5, 0.6) is 0 Å². The monoisotopic (exact) mass is 322 g/mol. The second kappa shape index (κ2) is 4.86. The summed E-state index contributed by atoms with van der Waals surface area (Å²) in [5.74, 6) is 2.61. The van der Waals surface area contributed by atoms with Crippen LogP contribution in [0.3, 0.4) is 0 Å². The molecule has 8 heteroatoms. The third-order valence-electron chi connectivity index (χ3n) is 5.28. The largest absolute Gasteiger partial charge is 0.342 e. The number of aromatic nitrogens is 7. The summed E-state index contributed by atoms with van der Waals surface area (Å²) in [4.78, 5) is 15.9. The number of fused-ring (bicyclic) bond motifs is 6. The van der Waals surface area contributed by atoms with Gasteiger partial charge < -0.3 is 4.90 Å². The van der Waals surface area contributed by atoms with Gasteiger partial charge in [0, 0.05) is 18.9 Å². The normalized spacial score (nSPS) is 22.0. The Hall–Kier alpha value is -2.77. The quantitative estimate of drug-likeness (QED) is 0.716. The predicted molar refractivity (Wildman–Crippen MR) is 87.2 cm³/mol. The predicted octanol–water partition coefficient (Wildman–Crippen LogP) is 1.85. The molecular weight excluding hydrogens is 304 g/mol. The number of anilines is 1. The first-order chi connectivity index (χ1) is 11.8. The molecule has 0 N–H and O–H groups in total. The average molecular weight is 322 g/mol. The Labute approximate surface area is 139 Å². The van der Waals surface area contributed by atoms with Gasteiger partial charge in [-0.3, -0.25) is 9.13 Å². The summed E-state index contributed by atoms with van der Waals surface area (Å²) >= 11 is 0. The molecule has 0 amide bonds. The smallest absolute Gasteiger partial charge is 0.236 e. The summed E-state index contributed by atoms with van der Waals surface area (Å²) in [5, 5.41) is 8.63. The van der Waals surface area contributed by atoms with Crippen molar-refractivity contribution in [3.05, 3.63) is 37.1 Å². The molecule has 122 valence electrons. The molecule has 5 heterocycles. The lowest BCUT2D eigenvalue weighted by atomic mass is 9.82. The first-order valence-electron chi connectivity index (χ1n) is 8.37. The van der Waals surface area contributed by atoms with Crippen LogP contribution in [-0.2, 0) is 5.54 Å². The standard InChI is InChI=1S/C16H18N8/c1-2-16-5-3-4-7-24(16)13-12(23-11-19-21-14(16)23)9-18-15(20-13)22-8-6-17-10-22/h6,8-11H,2-5,7H2,1H3. The number of hydrogen-bond acceptors (Lipinski definition) is 6. The molecule has 0 radical (unpaired) electrons. The molecule has 1 unspecified atom stereocenters. The molecule has 2 aliphatic heterocycles. The lowest BCUT2D eigenvalue weighted by molar-refractivity contribution is 0.274. The minimum atomic E-state index is -0.123. The van der Waals surface area contributed by atoms with E-state index >= 15 is 0 Å². The van der Waals surface area contributed by atoms with Crippen LogP contribution >= 0.6 is 0 Å². The lowest BCUT2D eigenvalue weighted by Crippen LogP contribution is -2.53. The van der Waals surface area contributed by atoms with Crippen LogP contribution in [0.4, 0.5) is 5.82 Å². The molecule has 24 heavy (non-hydrogen) atoms. The van der Waals surface area contributed by atoms with Gasteiger partial charge in [-0.1, -0.05) is 6.92 Å². The van der Waals surface area contributed by atoms with Gasteiger partial charge in [0.05, 0.1) is 6.20 Å². The van der Waals surface area contributed by atoms with Gasteiger partial charge in [-0.15, -0.1) is 10.2 Å². The molecule has 0 saturated carbocycles. The molecule has 2 aliphatic rings. The maximum Gasteiger partial charge on any atom is 0.236 e. The first-order valence-corrected chi connectivity index (χ1v) is 8.37. The molecule has 8 nitrogen and oxygen atoms in total. The van der Waals surface area contributed by atoms with E-state index in [2.05, 4.69) is 36.6 Å². The molecule has 0 bridgehead atoms. The van der Waals surface area contributed by atoms with Crippen molar-refractivity contribution in [1.29, 1.82) is 0 Å². The van der Waals surface area contributed by atoms with Gasteiger partial charge in [0.25, 0.3) is 0 Å². The number of piperidine rings is 1. The van der Waals surface area contributed by atoms with Crippen molar-refractivity contribution in [2.45, 2.75) is 38.1 Å². The van der Waals surface area contributed by atoms with E-state index in [-0.39, 0.29) is 5.54 Å². The third-order valence-corrected chi connectivity index (χ3v) is 5.28. The van der Waals surface area contributed by atoms with E-state index in [9.17, 15) is 0 Å². The highest BCUT2D eigenvalue weighted by Gasteiger charge is 2.47. The highest BCUT2D eigenvalue weighted by Crippen LogP contribution is 2.47. The second-order valence-corrected chi connectivity index (χ2v) is 6.37. The zero-order valence-electron chi connectivity index (χ0n) is 13.5. The van der Waals surface area contributed by atoms with E-state index in [1.54, 1.807) is 18.9 Å². The van der Waals surface area contributed by atoms with Crippen molar-refractivity contribution in [3.8, 4) is 11.6 Å². The van der Waals surface area contributed by atoms with Gasteiger partial charge in [0.2, 0.25) is 5.95 Å². The average Bonchev–Trinajstić information content (AvgIpc) is 3.33. The van der Waals surface area contributed by atoms with Crippen LogP contribution in [0.2, 0.25) is 0 Å². The fraction of sp³-hybridized carbons (Fsp3) is 0.438. The number of nitrogens with zero attached hydrogens (tertiary/aromatic N) is 8. The fourth-order valence-electron chi connectivity index (χ4n) is 4.06. The van der Waals surface area contributed by atoms with E-state index in [0.29, 0.717) is 5.95 Å². The van der Waals surface area contributed by atoms with Gasteiger partial charge in [-0.05, 0) is 25.7 Å². The molecule has 3 aromatic rings. The van der Waals surface area contributed by atoms with E-state index in [1.807, 2.05) is 17.0 Å². The highest BCUT2D eigenvalue weighted by molar-refractivity contribution is 5.63. The Morgan fingerprint density at radius 3 is 3.04 bits per heavy atom. The van der Waals surface area contributed by atoms with Gasteiger partial charge in [0.1, 0.15) is 23.9 Å². The minimum Gasteiger partial charge on any atom is -0.342 e. The van der Waals surface area contributed by atoms with Crippen molar-refractivity contribution in [2.24, 2.45) is 0 Å². The van der Waals surface area contributed by atoms with Crippen molar-refractivity contribution < 1.29 is 0 Å². The third kappa shape index (κ3) is 1.65. The van der Waals surface area contributed by atoms with Crippen LogP contribution in [0.1, 0.15) is 38.4 Å².